The molecule has 1 aromatic carbocycles. The molecular weight excluding hydrogens is 392 g/mol. The first kappa shape index (κ1) is 20.8. The first-order valence-corrected chi connectivity index (χ1v) is 10.4. The molecule has 9 heteroatoms. The Hall–Kier alpha value is -3.51. The number of nitrogens with zero attached hydrogens (tertiary/aromatic N) is 6. The van der Waals surface area contributed by atoms with Gasteiger partial charge in [-0.15, -0.1) is 16.1 Å². The van der Waals surface area contributed by atoms with Gasteiger partial charge in [-0.2, -0.15) is 0 Å². The van der Waals surface area contributed by atoms with Crippen LogP contribution in [0.5, 0.6) is 0 Å². The smallest absolute Gasteiger partial charge is 0.289 e. The molecule has 3 aromatic rings. The number of carbonyl (C=O) groups excluding carboxylic acids is 1. The highest BCUT2D eigenvalue weighted by Crippen LogP contribution is 2.19. The van der Waals surface area contributed by atoms with E-state index in [9.17, 15) is 4.79 Å². The second-order valence-electron chi connectivity index (χ2n) is 7.61. The van der Waals surface area contributed by atoms with E-state index in [1.165, 1.54) is 0 Å². The predicted octanol–water partition coefficient (Wildman–Crippen LogP) is 1.41. The molecule has 0 bridgehead atoms. The molecule has 4 rings (SSSR count). The van der Waals surface area contributed by atoms with Crippen LogP contribution in [0.15, 0.2) is 24.3 Å². The van der Waals surface area contributed by atoms with Gasteiger partial charge >= 0.3 is 0 Å². The van der Waals surface area contributed by atoms with Crippen molar-refractivity contribution in [2.45, 2.75) is 45.8 Å². The number of para-hydroxylation sites is 1. The fraction of sp³-hybridized carbons (Fsp3) is 0.409. The summed E-state index contributed by atoms with van der Waals surface area (Å²) in [6.07, 6.45) is 1.96. The van der Waals surface area contributed by atoms with E-state index in [1.54, 1.807) is 11.5 Å². The molecule has 1 unspecified atom stereocenters. The molecule has 1 amide bonds. The topological polar surface area (TPSA) is 115 Å². The van der Waals surface area contributed by atoms with Gasteiger partial charge < -0.3 is 16.0 Å². The van der Waals surface area contributed by atoms with Crippen molar-refractivity contribution in [1.29, 1.82) is 0 Å². The molecule has 2 aromatic heterocycles. The van der Waals surface area contributed by atoms with Crippen molar-refractivity contribution in [3.05, 3.63) is 41.6 Å². The number of carbonyl (C=O) groups is 1. The number of aryl methyl sites for hydroxylation is 1. The minimum Gasteiger partial charge on any atom is -0.342 e. The number of fused-ring (bicyclic) bond motifs is 1. The number of hydrogen-bond acceptors (Lipinski definition) is 7. The highest BCUT2D eigenvalue weighted by molar-refractivity contribution is 5.91. The Labute approximate surface area is 181 Å². The lowest BCUT2D eigenvalue weighted by atomic mass is 10.1. The lowest BCUT2D eigenvalue weighted by molar-refractivity contribution is 0.0935. The van der Waals surface area contributed by atoms with Crippen LogP contribution >= 0.6 is 0 Å². The zero-order valence-corrected chi connectivity index (χ0v) is 17.8. The Morgan fingerprint density at radius 3 is 2.94 bits per heavy atom. The highest BCUT2D eigenvalue weighted by atomic mass is 16.2. The van der Waals surface area contributed by atoms with Crippen LogP contribution < -0.4 is 16.0 Å². The maximum absolute atomic E-state index is 12.9. The van der Waals surface area contributed by atoms with Gasteiger partial charge in [0.1, 0.15) is 5.82 Å². The minimum absolute atomic E-state index is 0.0849. The normalized spacial score (nSPS) is 16.1. The average Bonchev–Trinajstić information content (AvgIpc) is 3.20. The van der Waals surface area contributed by atoms with E-state index < -0.39 is 0 Å². The molecule has 9 nitrogen and oxygen atoms in total. The number of piperidine rings is 1. The van der Waals surface area contributed by atoms with Gasteiger partial charge in [-0.3, -0.25) is 9.36 Å². The van der Waals surface area contributed by atoms with Crippen molar-refractivity contribution in [2.24, 2.45) is 5.73 Å². The number of benzene rings is 1. The number of nitrogens with one attached hydrogen (secondary N) is 1. The number of hydrogen-bond donors (Lipinski definition) is 2. The number of rotatable bonds is 5. The summed E-state index contributed by atoms with van der Waals surface area (Å²) in [5.41, 5.74) is 7.85. The van der Waals surface area contributed by atoms with Gasteiger partial charge in [-0.05, 0) is 32.8 Å². The molecule has 1 aliphatic rings. The van der Waals surface area contributed by atoms with Crippen LogP contribution in [0.25, 0.3) is 10.9 Å². The van der Waals surface area contributed by atoms with Gasteiger partial charge in [0.15, 0.2) is 0 Å². The summed E-state index contributed by atoms with van der Waals surface area (Å²) >= 11 is 0. The second-order valence-corrected chi connectivity index (χ2v) is 7.61. The molecule has 3 heterocycles. The van der Waals surface area contributed by atoms with E-state index in [1.807, 2.05) is 31.2 Å². The molecule has 1 saturated heterocycles. The Morgan fingerprint density at radius 1 is 1.29 bits per heavy atom. The summed E-state index contributed by atoms with van der Waals surface area (Å²) in [6.45, 7) is 5.74. The van der Waals surface area contributed by atoms with Gasteiger partial charge in [0.05, 0.1) is 18.6 Å². The maximum atomic E-state index is 12.9. The first-order valence-electron chi connectivity index (χ1n) is 10.4. The molecule has 1 fully saturated rings. The average molecular weight is 419 g/mol. The summed E-state index contributed by atoms with van der Waals surface area (Å²) in [5, 5.41) is 12.3. The van der Waals surface area contributed by atoms with Crippen LogP contribution in [0.1, 0.15) is 41.9 Å². The van der Waals surface area contributed by atoms with E-state index in [-0.39, 0.29) is 24.3 Å². The fourth-order valence-electron chi connectivity index (χ4n) is 3.80. The fourth-order valence-corrected chi connectivity index (χ4v) is 3.80. The van der Waals surface area contributed by atoms with Gasteiger partial charge in [-0.25, -0.2) is 9.97 Å². The zero-order chi connectivity index (χ0) is 21.8. The van der Waals surface area contributed by atoms with E-state index in [0.29, 0.717) is 24.9 Å². The zero-order valence-electron chi connectivity index (χ0n) is 17.8. The van der Waals surface area contributed by atoms with Gasteiger partial charge in [0.2, 0.25) is 11.8 Å². The molecule has 0 saturated carbocycles. The highest BCUT2D eigenvalue weighted by Gasteiger charge is 2.25. The summed E-state index contributed by atoms with van der Waals surface area (Å²) in [5.74, 6) is 6.93. The molecule has 0 aliphatic carbocycles. The Balaban J connectivity index is 1.54. The van der Waals surface area contributed by atoms with Crippen molar-refractivity contribution >= 4 is 22.8 Å². The van der Waals surface area contributed by atoms with Crippen molar-refractivity contribution < 1.29 is 4.79 Å². The van der Waals surface area contributed by atoms with Crippen molar-refractivity contribution in [3.63, 3.8) is 0 Å². The third kappa shape index (κ3) is 4.49. The number of nitrogens with two attached hydrogens (primary N) is 1. The lowest BCUT2D eigenvalue weighted by Crippen LogP contribution is -2.44. The van der Waals surface area contributed by atoms with Gasteiger partial charge in [0, 0.05) is 30.2 Å². The number of aromatic nitrogens is 5. The summed E-state index contributed by atoms with van der Waals surface area (Å²) < 4.78 is 1.75. The van der Waals surface area contributed by atoms with E-state index in [4.69, 9.17) is 5.73 Å². The van der Waals surface area contributed by atoms with Crippen LogP contribution in [0, 0.1) is 18.8 Å². The minimum atomic E-state index is -0.340. The maximum Gasteiger partial charge on any atom is 0.289 e. The van der Waals surface area contributed by atoms with E-state index in [2.05, 4.69) is 42.2 Å². The Kier molecular flexibility index (Phi) is 6.09. The Morgan fingerprint density at radius 2 is 2.13 bits per heavy atom. The standard InChI is InChI=1S/C22H26N8O/c1-3-4-12-30-20(27-28-22(30)29-11-7-8-16(23)14-29)21(31)24-13-19-25-15(2)17-9-5-6-10-18(17)26-19/h5-6,9-10,16H,7-8,11-14,23H2,1-2H3,(H,24,31). The molecular formula is C22H26N8O. The van der Waals surface area contributed by atoms with Crippen LogP contribution in [0.4, 0.5) is 5.95 Å². The van der Waals surface area contributed by atoms with Crippen LogP contribution in [-0.2, 0) is 13.1 Å². The van der Waals surface area contributed by atoms with Crippen molar-refractivity contribution in [3.8, 4) is 11.8 Å². The number of anilines is 1. The molecule has 0 spiro atoms. The third-order valence-electron chi connectivity index (χ3n) is 5.34. The molecule has 31 heavy (non-hydrogen) atoms. The van der Waals surface area contributed by atoms with E-state index in [0.717, 1.165) is 36.0 Å². The summed E-state index contributed by atoms with van der Waals surface area (Å²) in [4.78, 5) is 24.1. The first-order chi connectivity index (χ1) is 15.1. The molecule has 0 radical (unpaired) electrons. The van der Waals surface area contributed by atoms with E-state index >= 15 is 0 Å². The predicted molar refractivity (Wildman–Crippen MR) is 118 cm³/mol. The van der Waals surface area contributed by atoms with Gasteiger partial charge in [0.25, 0.3) is 5.91 Å². The van der Waals surface area contributed by atoms with Crippen molar-refractivity contribution in [1.82, 2.24) is 30.0 Å². The quantitative estimate of drug-likeness (QED) is 0.602. The molecule has 3 N–H and O–H groups in total. The summed E-state index contributed by atoms with van der Waals surface area (Å²) in [7, 11) is 0. The Bertz CT molecular complexity index is 1160. The lowest BCUT2D eigenvalue weighted by Gasteiger charge is -2.31. The molecule has 160 valence electrons. The monoisotopic (exact) mass is 418 g/mol. The van der Waals surface area contributed by atoms with Gasteiger partial charge in [-0.1, -0.05) is 24.1 Å². The van der Waals surface area contributed by atoms with Crippen LogP contribution in [-0.4, -0.2) is 49.8 Å². The second kappa shape index (κ2) is 9.10. The third-order valence-corrected chi connectivity index (χ3v) is 5.34. The number of amides is 1. The largest absolute Gasteiger partial charge is 0.342 e. The van der Waals surface area contributed by atoms with Crippen LogP contribution in [0.2, 0.25) is 0 Å². The molecule has 1 aliphatic heterocycles. The van der Waals surface area contributed by atoms with Crippen molar-refractivity contribution in [2.75, 3.05) is 18.0 Å². The summed E-state index contributed by atoms with van der Waals surface area (Å²) in [6, 6.07) is 7.90. The van der Waals surface area contributed by atoms with Crippen LogP contribution in [0.3, 0.4) is 0 Å². The SMILES string of the molecule is CC#CCn1c(C(=O)NCc2nc(C)c3ccccc3n2)nnc1N1CCCC(N)C1. The molecule has 1 atom stereocenters.